The fourth-order valence-electron chi connectivity index (χ4n) is 4.42. The summed E-state index contributed by atoms with van der Waals surface area (Å²) in [4.78, 5) is 19.6. The van der Waals surface area contributed by atoms with Crippen LogP contribution in [0.3, 0.4) is 0 Å². The van der Waals surface area contributed by atoms with E-state index in [2.05, 4.69) is 22.0 Å². The van der Waals surface area contributed by atoms with Crippen LogP contribution in [0.2, 0.25) is 0 Å². The topological polar surface area (TPSA) is 73.0 Å². The number of aliphatic hydroxyl groups is 1. The van der Waals surface area contributed by atoms with Crippen LogP contribution < -0.4 is 0 Å². The lowest BCUT2D eigenvalue weighted by Crippen LogP contribution is -2.36. The molecule has 3 heterocycles. The zero-order valence-electron chi connectivity index (χ0n) is 17.0. The molecule has 0 aliphatic carbocycles. The first-order valence-electron chi connectivity index (χ1n) is 10.2. The molecule has 2 unspecified atom stereocenters. The van der Waals surface area contributed by atoms with Crippen molar-refractivity contribution in [3.05, 3.63) is 17.0 Å². The van der Waals surface area contributed by atoms with Gasteiger partial charge in [0.25, 0.3) is 0 Å². The van der Waals surface area contributed by atoms with Crippen LogP contribution >= 0.6 is 0 Å². The summed E-state index contributed by atoms with van der Waals surface area (Å²) >= 11 is 0. The van der Waals surface area contributed by atoms with E-state index < -0.39 is 0 Å². The van der Waals surface area contributed by atoms with Gasteiger partial charge in [-0.3, -0.25) is 4.79 Å². The highest BCUT2D eigenvalue weighted by Gasteiger charge is 2.35. The van der Waals surface area contributed by atoms with E-state index in [0.29, 0.717) is 25.3 Å². The minimum Gasteiger partial charge on any atom is -0.396 e. The molecule has 0 bridgehead atoms. The summed E-state index contributed by atoms with van der Waals surface area (Å²) in [5, 5.41) is 13.8. The number of carbonyl (C=O) groups excluding carboxylic acids is 1. The van der Waals surface area contributed by atoms with Gasteiger partial charge in [0, 0.05) is 57.2 Å². The number of aryl methyl sites for hydroxylation is 2. The number of hydrogen-bond donors (Lipinski definition) is 1. The van der Waals surface area contributed by atoms with Crippen LogP contribution in [0, 0.1) is 25.7 Å². The molecule has 2 fully saturated rings. The summed E-state index contributed by atoms with van der Waals surface area (Å²) in [5.41, 5.74) is 1.92. The Morgan fingerprint density at radius 1 is 1.19 bits per heavy atom. The number of likely N-dealkylation sites (N-methyl/N-ethyl adjacent to an activating group) is 1. The Morgan fingerprint density at radius 3 is 2.67 bits per heavy atom. The molecule has 2 aliphatic heterocycles. The van der Waals surface area contributed by atoms with Gasteiger partial charge in [-0.15, -0.1) is 0 Å². The van der Waals surface area contributed by atoms with E-state index >= 15 is 0 Å². The Balaban J connectivity index is 1.52. The van der Waals surface area contributed by atoms with Gasteiger partial charge in [0.15, 0.2) is 0 Å². The largest absolute Gasteiger partial charge is 0.396 e. The van der Waals surface area contributed by atoms with E-state index in [0.717, 1.165) is 56.3 Å². The van der Waals surface area contributed by atoms with Gasteiger partial charge in [-0.1, -0.05) is 5.16 Å². The van der Waals surface area contributed by atoms with Gasteiger partial charge < -0.3 is 24.3 Å². The number of aliphatic hydroxyl groups excluding tert-OH is 1. The Hall–Kier alpha value is -1.44. The Kier molecular flexibility index (Phi) is 6.89. The summed E-state index contributed by atoms with van der Waals surface area (Å²) < 4.78 is 5.19. The van der Waals surface area contributed by atoms with Crippen molar-refractivity contribution < 1.29 is 14.4 Å². The predicted octanol–water partition coefficient (Wildman–Crippen LogP) is 0.928. The van der Waals surface area contributed by atoms with Crippen molar-refractivity contribution in [1.82, 2.24) is 19.9 Å². The van der Waals surface area contributed by atoms with Crippen LogP contribution in [-0.2, 0) is 11.2 Å². The van der Waals surface area contributed by atoms with E-state index in [9.17, 15) is 9.90 Å². The Labute approximate surface area is 162 Å². The number of carbonyl (C=O) groups is 1. The summed E-state index contributed by atoms with van der Waals surface area (Å²) in [6.45, 7) is 10.8. The van der Waals surface area contributed by atoms with Crippen molar-refractivity contribution in [1.29, 1.82) is 0 Å². The smallest absolute Gasteiger partial charge is 0.222 e. The molecule has 27 heavy (non-hydrogen) atoms. The number of aromatic nitrogens is 1. The van der Waals surface area contributed by atoms with Crippen LogP contribution in [0.1, 0.15) is 29.9 Å². The molecule has 2 aliphatic rings. The second-order valence-electron chi connectivity index (χ2n) is 8.26. The summed E-state index contributed by atoms with van der Waals surface area (Å²) in [6.07, 6.45) is 2.33. The van der Waals surface area contributed by atoms with Gasteiger partial charge in [0.2, 0.25) is 5.91 Å². The first-order valence-corrected chi connectivity index (χ1v) is 10.2. The van der Waals surface area contributed by atoms with Gasteiger partial charge in [0.1, 0.15) is 5.76 Å². The molecule has 7 nitrogen and oxygen atoms in total. The third kappa shape index (κ3) is 5.09. The van der Waals surface area contributed by atoms with Crippen LogP contribution in [0.15, 0.2) is 4.52 Å². The zero-order chi connectivity index (χ0) is 19.4. The van der Waals surface area contributed by atoms with Crippen molar-refractivity contribution in [3.63, 3.8) is 0 Å². The molecule has 0 saturated carbocycles. The van der Waals surface area contributed by atoms with E-state index in [1.807, 2.05) is 18.7 Å². The van der Waals surface area contributed by atoms with Crippen molar-refractivity contribution in [2.45, 2.75) is 33.1 Å². The second-order valence-corrected chi connectivity index (χ2v) is 8.26. The molecule has 0 radical (unpaired) electrons. The molecule has 1 amide bonds. The number of amides is 1. The molecular formula is C20H34N4O3. The molecule has 0 aromatic carbocycles. The fraction of sp³-hybridized carbons (Fsp3) is 0.800. The highest BCUT2D eigenvalue weighted by molar-refractivity contribution is 5.76. The highest BCUT2D eigenvalue weighted by Crippen LogP contribution is 2.26. The molecule has 0 spiro atoms. The van der Waals surface area contributed by atoms with Gasteiger partial charge in [-0.25, -0.2) is 0 Å². The quantitative estimate of drug-likeness (QED) is 0.794. The lowest BCUT2D eigenvalue weighted by molar-refractivity contribution is -0.130. The SMILES string of the molecule is Cc1noc(C)c1CCC(=O)N1CC(CO)C(CN2CCCN(C)CC2)C1. The molecule has 1 N–H and O–H groups in total. The van der Waals surface area contributed by atoms with Crippen molar-refractivity contribution in [2.75, 3.05) is 59.5 Å². The maximum Gasteiger partial charge on any atom is 0.222 e. The van der Waals surface area contributed by atoms with E-state index in [1.54, 1.807) is 0 Å². The van der Waals surface area contributed by atoms with Gasteiger partial charge >= 0.3 is 0 Å². The van der Waals surface area contributed by atoms with Gasteiger partial charge in [-0.05, 0) is 52.7 Å². The second kappa shape index (κ2) is 9.17. The molecule has 1 aromatic heterocycles. The molecule has 2 atom stereocenters. The van der Waals surface area contributed by atoms with Gasteiger partial charge in [0.05, 0.1) is 5.69 Å². The lowest BCUT2D eigenvalue weighted by atomic mass is 9.96. The van der Waals surface area contributed by atoms with Crippen molar-refractivity contribution >= 4 is 5.91 Å². The average molecular weight is 379 g/mol. The first-order chi connectivity index (χ1) is 13.0. The summed E-state index contributed by atoms with van der Waals surface area (Å²) in [7, 11) is 2.18. The summed E-state index contributed by atoms with van der Waals surface area (Å²) in [5.74, 6) is 1.53. The summed E-state index contributed by atoms with van der Waals surface area (Å²) in [6, 6.07) is 0. The molecular weight excluding hydrogens is 344 g/mol. The molecule has 7 heteroatoms. The third-order valence-corrected chi connectivity index (χ3v) is 6.24. The monoisotopic (exact) mass is 378 g/mol. The lowest BCUT2D eigenvalue weighted by Gasteiger charge is -2.26. The van der Waals surface area contributed by atoms with Crippen LogP contribution in [0.4, 0.5) is 0 Å². The number of rotatable bonds is 6. The van der Waals surface area contributed by atoms with E-state index in [4.69, 9.17) is 4.52 Å². The molecule has 152 valence electrons. The number of hydrogen-bond acceptors (Lipinski definition) is 6. The average Bonchev–Trinajstić information content (AvgIpc) is 3.13. The zero-order valence-corrected chi connectivity index (χ0v) is 17.0. The van der Waals surface area contributed by atoms with Crippen LogP contribution in [-0.4, -0.2) is 90.3 Å². The minimum atomic E-state index is 0.159. The minimum absolute atomic E-state index is 0.159. The van der Waals surface area contributed by atoms with E-state index in [1.165, 1.54) is 6.42 Å². The Morgan fingerprint density at radius 2 is 1.96 bits per heavy atom. The molecule has 1 aromatic rings. The molecule has 2 saturated heterocycles. The Bertz CT molecular complexity index is 613. The third-order valence-electron chi connectivity index (χ3n) is 6.24. The number of nitrogens with zero attached hydrogens (tertiary/aromatic N) is 4. The fourth-order valence-corrected chi connectivity index (χ4v) is 4.42. The normalized spacial score (nSPS) is 25.1. The van der Waals surface area contributed by atoms with Crippen LogP contribution in [0.5, 0.6) is 0 Å². The van der Waals surface area contributed by atoms with Crippen LogP contribution in [0.25, 0.3) is 0 Å². The van der Waals surface area contributed by atoms with Gasteiger partial charge in [-0.2, -0.15) is 0 Å². The molecule has 3 rings (SSSR count). The standard InChI is InChI=1S/C20H34N4O3/c1-15-19(16(2)27-21-15)5-6-20(26)24-12-17(18(13-24)14-25)11-23-8-4-7-22(3)9-10-23/h17-18,25H,4-14H2,1-3H3. The van der Waals surface area contributed by atoms with Crippen molar-refractivity contribution in [2.24, 2.45) is 11.8 Å². The highest BCUT2D eigenvalue weighted by atomic mass is 16.5. The maximum atomic E-state index is 12.7. The van der Waals surface area contributed by atoms with E-state index in [-0.39, 0.29) is 18.4 Å². The maximum absolute atomic E-state index is 12.7. The van der Waals surface area contributed by atoms with Crippen molar-refractivity contribution in [3.8, 4) is 0 Å². The first kappa shape index (κ1) is 20.3. The number of likely N-dealkylation sites (tertiary alicyclic amines) is 1. The predicted molar refractivity (Wildman–Crippen MR) is 103 cm³/mol.